The van der Waals surface area contributed by atoms with Crippen LogP contribution < -0.4 is 4.72 Å². The third kappa shape index (κ3) is 3.27. The van der Waals surface area contributed by atoms with Crippen LogP contribution in [0.4, 0.5) is 10.1 Å². The molecule has 0 aliphatic rings. The molecule has 0 fully saturated rings. The normalized spacial score (nSPS) is 10.5. The third-order valence-corrected chi connectivity index (χ3v) is 4.14. The summed E-state index contributed by atoms with van der Waals surface area (Å²) in [6, 6.07) is 14.0. The van der Waals surface area contributed by atoms with Crippen LogP contribution in [-0.4, -0.2) is 18.1 Å². The first-order valence-corrected chi connectivity index (χ1v) is 7.65. The zero-order valence-electron chi connectivity index (χ0n) is 12.2. The fourth-order valence-electron chi connectivity index (χ4n) is 2.13. The molecule has 1 aromatic heterocycles. The average Bonchev–Trinajstić information content (AvgIpc) is 2.59. The molecule has 0 aliphatic carbocycles. The van der Waals surface area contributed by atoms with E-state index in [1.54, 1.807) is 12.3 Å². The van der Waals surface area contributed by atoms with Gasteiger partial charge in [-0.3, -0.25) is 4.98 Å². The monoisotopic (exact) mass is 328 g/mol. The van der Waals surface area contributed by atoms with Crippen LogP contribution in [0, 0.1) is 5.82 Å². The second-order valence-electron chi connectivity index (χ2n) is 4.72. The molecule has 0 saturated heterocycles. The maximum Gasteiger partial charge on any atom is 0.340 e. The standard InChI is InChI=1S/C17H13FN2O2S/c1-22-17(21)13-8-7-12(10-14(13)18)20-23-15-6-2-4-11-5-3-9-19-16(11)15/h2-10,20H,1H3. The Kier molecular flexibility index (Phi) is 4.43. The average molecular weight is 328 g/mol. The van der Waals surface area contributed by atoms with E-state index in [0.717, 1.165) is 15.8 Å². The van der Waals surface area contributed by atoms with Gasteiger partial charge < -0.3 is 9.46 Å². The Labute approximate surface area is 136 Å². The maximum absolute atomic E-state index is 13.9. The van der Waals surface area contributed by atoms with Gasteiger partial charge in [0, 0.05) is 17.3 Å². The molecule has 2 aromatic carbocycles. The number of halogens is 1. The summed E-state index contributed by atoms with van der Waals surface area (Å²) in [5, 5.41) is 1.03. The van der Waals surface area contributed by atoms with Gasteiger partial charge in [0.05, 0.1) is 23.1 Å². The number of nitrogens with zero attached hydrogens (tertiary/aromatic N) is 1. The van der Waals surface area contributed by atoms with E-state index >= 15 is 0 Å². The highest BCUT2D eigenvalue weighted by Crippen LogP contribution is 2.28. The van der Waals surface area contributed by atoms with Crippen LogP contribution in [0.5, 0.6) is 0 Å². The van der Waals surface area contributed by atoms with Gasteiger partial charge in [0.15, 0.2) is 0 Å². The summed E-state index contributed by atoms with van der Waals surface area (Å²) in [6.07, 6.45) is 1.73. The first-order chi connectivity index (χ1) is 11.2. The zero-order chi connectivity index (χ0) is 16.2. The van der Waals surface area contributed by atoms with Gasteiger partial charge in [-0.05, 0) is 42.3 Å². The van der Waals surface area contributed by atoms with Gasteiger partial charge in [-0.25, -0.2) is 9.18 Å². The molecule has 3 rings (SSSR count). The number of carbonyl (C=O) groups excluding carboxylic acids is 1. The first kappa shape index (κ1) is 15.3. The molecule has 23 heavy (non-hydrogen) atoms. The molecule has 0 radical (unpaired) electrons. The number of benzene rings is 2. The number of pyridine rings is 1. The smallest absolute Gasteiger partial charge is 0.340 e. The van der Waals surface area contributed by atoms with Gasteiger partial charge >= 0.3 is 5.97 Å². The van der Waals surface area contributed by atoms with E-state index in [1.807, 2.05) is 30.3 Å². The van der Waals surface area contributed by atoms with E-state index in [0.29, 0.717) is 5.69 Å². The fraction of sp³-hybridized carbons (Fsp3) is 0.0588. The Balaban J connectivity index is 1.80. The van der Waals surface area contributed by atoms with Crippen molar-refractivity contribution in [3.63, 3.8) is 0 Å². The second-order valence-corrected chi connectivity index (χ2v) is 5.57. The minimum absolute atomic E-state index is 0.0881. The van der Waals surface area contributed by atoms with Crippen molar-refractivity contribution in [2.24, 2.45) is 0 Å². The quantitative estimate of drug-likeness (QED) is 0.572. The predicted molar refractivity (Wildman–Crippen MR) is 89.0 cm³/mol. The molecule has 0 amide bonds. The van der Waals surface area contributed by atoms with Crippen LogP contribution in [0.2, 0.25) is 0 Å². The number of ether oxygens (including phenoxy) is 1. The molecule has 1 heterocycles. The molecule has 6 heteroatoms. The number of aromatic nitrogens is 1. The topological polar surface area (TPSA) is 51.2 Å². The lowest BCUT2D eigenvalue weighted by atomic mass is 10.2. The number of carbonyl (C=O) groups is 1. The molecule has 0 spiro atoms. The highest BCUT2D eigenvalue weighted by molar-refractivity contribution is 8.00. The lowest BCUT2D eigenvalue weighted by Crippen LogP contribution is -2.04. The number of nitrogens with one attached hydrogen (secondary N) is 1. The van der Waals surface area contributed by atoms with E-state index in [1.165, 1.54) is 31.2 Å². The van der Waals surface area contributed by atoms with Crippen molar-refractivity contribution in [3.05, 3.63) is 66.1 Å². The van der Waals surface area contributed by atoms with E-state index in [4.69, 9.17) is 0 Å². The van der Waals surface area contributed by atoms with Crippen molar-refractivity contribution < 1.29 is 13.9 Å². The van der Waals surface area contributed by atoms with Gasteiger partial charge in [0.1, 0.15) is 5.82 Å². The Morgan fingerprint density at radius 2 is 2.04 bits per heavy atom. The number of hydrogen-bond donors (Lipinski definition) is 1. The summed E-state index contributed by atoms with van der Waals surface area (Å²) in [7, 11) is 1.22. The van der Waals surface area contributed by atoms with Gasteiger partial charge in [0.25, 0.3) is 0 Å². The molecule has 0 atom stereocenters. The zero-order valence-corrected chi connectivity index (χ0v) is 13.1. The molecular formula is C17H13FN2O2S. The van der Waals surface area contributed by atoms with Crippen molar-refractivity contribution in [3.8, 4) is 0 Å². The van der Waals surface area contributed by atoms with Gasteiger partial charge in [-0.2, -0.15) is 0 Å². The highest BCUT2D eigenvalue weighted by atomic mass is 32.2. The molecular weight excluding hydrogens is 315 g/mol. The number of fused-ring (bicyclic) bond motifs is 1. The van der Waals surface area contributed by atoms with Crippen molar-refractivity contribution in [2.45, 2.75) is 4.90 Å². The Hall–Kier alpha value is -2.60. The number of anilines is 1. The van der Waals surface area contributed by atoms with E-state index in [2.05, 4.69) is 14.4 Å². The largest absolute Gasteiger partial charge is 0.465 e. The fourth-order valence-corrected chi connectivity index (χ4v) is 2.90. The van der Waals surface area contributed by atoms with Crippen LogP contribution in [0.15, 0.2) is 59.6 Å². The lowest BCUT2D eigenvalue weighted by Gasteiger charge is -2.09. The van der Waals surface area contributed by atoms with Crippen LogP contribution in [0.1, 0.15) is 10.4 Å². The predicted octanol–water partition coefficient (Wildman–Crippen LogP) is 4.28. The molecule has 4 nitrogen and oxygen atoms in total. The van der Waals surface area contributed by atoms with Crippen LogP contribution >= 0.6 is 11.9 Å². The van der Waals surface area contributed by atoms with Crippen molar-refractivity contribution in [1.29, 1.82) is 0 Å². The van der Waals surface area contributed by atoms with Crippen LogP contribution in [0.25, 0.3) is 10.9 Å². The van der Waals surface area contributed by atoms with E-state index in [9.17, 15) is 9.18 Å². The minimum Gasteiger partial charge on any atom is -0.465 e. The number of esters is 1. The summed E-state index contributed by atoms with van der Waals surface area (Å²) in [4.78, 5) is 16.7. The minimum atomic E-state index is -0.694. The van der Waals surface area contributed by atoms with Gasteiger partial charge in [-0.1, -0.05) is 18.2 Å². The van der Waals surface area contributed by atoms with Crippen molar-refractivity contribution in [1.82, 2.24) is 4.98 Å². The summed E-state index contributed by atoms with van der Waals surface area (Å²) in [6.45, 7) is 0. The summed E-state index contributed by atoms with van der Waals surface area (Å²) >= 11 is 1.34. The lowest BCUT2D eigenvalue weighted by molar-refractivity contribution is 0.0595. The molecule has 0 unspecified atom stereocenters. The Morgan fingerprint density at radius 3 is 2.83 bits per heavy atom. The van der Waals surface area contributed by atoms with Crippen LogP contribution in [-0.2, 0) is 4.74 Å². The van der Waals surface area contributed by atoms with E-state index in [-0.39, 0.29) is 5.56 Å². The summed E-state index contributed by atoms with van der Waals surface area (Å²) in [5.74, 6) is -1.32. The van der Waals surface area contributed by atoms with Crippen LogP contribution in [0.3, 0.4) is 0 Å². The van der Waals surface area contributed by atoms with E-state index < -0.39 is 11.8 Å². The highest BCUT2D eigenvalue weighted by Gasteiger charge is 2.12. The Bertz CT molecular complexity index is 865. The van der Waals surface area contributed by atoms with Gasteiger partial charge in [-0.15, -0.1) is 0 Å². The third-order valence-electron chi connectivity index (χ3n) is 3.25. The maximum atomic E-state index is 13.9. The van der Waals surface area contributed by atoms with Gasteiger partial charge in [0.2, 0.25) is 0 Å². The molecule has 0 saturated carbocycles. The number of methoxy groups -OCH3 is 1. The molecule has 1 N–H and O–H groups in total. The number of para-hydroxylation sites is 1. The molecule has 0 bridgehead atoms. The first-order valence-electron chi connectivity index (χ1n) is 6.83. The van der Waals surface area contributed by atoms with Crippen molar-refractivity contribution in [2.75, 3.05) is 11.8 Å². The summed E-state index contributed by atoms with van der Waals surface area (Å²) < 4.78 is 21.5. The number of rotatable bonds is 4. The SMILES string of the molecule is COC(=O)c1ccc(NSc2cccc3cccnc23)cc1F. The molecule has 0 aliphatic heterocycles. The number of hydrogen-bond acceptors (Lipinski definition) is 5. The molecule has 116 valence electrons. The Morgan fingerprint density at radius 1 is 1.22 bits per heavy atom. The van der Waals surface area contributed by atoms with Crippen molar-refractivity contribution >= 4 is 34.5 Å². The second kappa shape index (κ2) is 6.66. The molecule has 3 aromatic rings. The summed E-state index contributed by atoms with van der Waals surface area (Å²) in [5.41, 5.74) is 1.34.